The van der Waals surface area contributed by atoms with Crippen molar-refractivity contribution in [2.75, 3.05) is 11.9 Å². The zero-order chi connectivity index (χ0) is 28.9. The maximum absolute atomic E-state index is 12.6. The van der Waals surface area contributed by atoms with Gasteiger partial charge in [-0.1, -0.05) is 12.1 Å². The summed E-state index contributed by atoms with van der Waals surface area (Å²) in [5.74, 6) is -0.681. The molecule has 0 atom stereocenters. The molecule has 0 saturated carbocycles. The number of hydrogen-bond donors (Lipinski definition) is 2. The molecular weight excluding hydrogens is 549 g/mol. The van der Waals surface area contributed by atoms with Gasteiger partial charge in [-0.05, 0) is 72.6 Å². The highest BCUT2D eigenvalue weighted by atomic mass is 32.1. The largest absolute Gasteiger partial charge is 0.573 e. The van der Waals surface area contributed by atoms with Crippen LogP contribution >= 0.6 is 11.3 Å². The van der Waals surface area contributed by atoms with Crippen molar-refractivity contribution in [3.05, 3.63) is 77.3 Å². The van der Waals surface area contributed by atoms with Gasteiger partial charge in [0.25, 0.3) is 0 Å². The smallest absolute Gasteiger partial charge is 0.486 e. The fourth-order valence-electron chi connectivity index (χ4n) is 3.70. The number of halogens is 3. The highest BCUT2D eigenvalue weighted by molar-refractivity contribution is 7.15. The number of carboxylic acid groups (broad SMARTS) is 1. The second-order valence-electron chi connectivity index (χ2n) is 8.51. The Morgan fingerprint density at radius 3 is 2.20 bits per heavy atom. The van der Waals surface area contributed by atoms with E-state index in [0.717, 1.165) is 5.56 Å². The molecule has 4 aromatic rings. The van der Waals surface area contributed by atoms with Gasteiger partial charge in [-0.3, -0.25) is 4.79 Å². The average Bonchev–Trinajstić information content (AvgIpc) is 3.31. The van der Waals surface area contributed by atoms with Gasteiger partial charge in [0.2, 0.25) is 5.91 Å². The molecule has 1 amide bonds. The number of rotatable bonds is 10. The van der Waals surface area contributed by atoms with Crippen molar-refractivity contribution in [2.24, 2.45) is 0 Å². The number of aryl methyl sites for hydroxylation is 1. The van der Waals surface area contributed by atoms with Crippen molar-refractivity contribution in [1.29, 1.82) is 0 Å². The normalized spacial score (nSPS) is 11.1. The average molecular weight is 573 g/mol. The summed E-state index contributed by atoms with van der Waals surface area (Å²) in [5.41, 5.74) is 3.26. The molecule has 12 heteroatoms. The Morgan fingerprint density at radius 1 is 0.950 bits per heavy atom. The molecule has 0 unspecified atom stereocenters. The lowest BCUT2D eigenvalue weighted by Crippen LogP contribution is -2.16. The summed E-state index contributed by atoms with van der Waals surface area (Å²) in [6.45, 7) is 2.82. The number of thiazole rings is 1. The minimum Gasteiger partial charge on any atom is -0.486 e. The first-order valence-electron chi connectivity index (χ1n) is 11.8. The molecule has 40 heavy (non-hydrogen) atoms. The molecular formula is C28H23F3N2O6S. The molecule has 0 radical (unpaired) electrons. The molecule has 4 rings (SSSR count). The Labute approximate surface area is 231 Å². The molecule has 1 aromatic heterocycles. The van der Waals surface area contributed by atoms with Gasteiger partial charge in [0.05, 0.1) is 10.6 Å². The summed E-state index contributed by atoms with van der Waals surface area (Å²) in [5, 5.41) is 12.1. The monoisotopic (exact) mass is 572 g/mol. The Bertz CT molecular complexity index is 1500. The number of aliphatic carboxylic acids is 1. The number of carbonyl (C=O) groups is 2. The summed E-state index contributed by atoms with van der Waals surface area (Å²) in [6, 6.07) is 17.5. The third-order valence-corrected chi connectivity index (χ3v) is 6.44. The maximum Gasteiger partial charge on any atom is 0.573 e. The van der Waals surface area contributed by atoms with Crippen molar-refractivity contribution < 1.29 is 42.1 Å². The van der Waals surface area contributed by atoms with Crippen LogP contribution in [0.25, 0.3) is 21.7 Å². The number of carbonyl (C=O) groups excluding carboxylic acids is 1. The first-order chi connectivity index (χ1) is 19.0. The van der Waals surface area contributed by atoms with E-state index in [0.29, 0.717) is 43.9 Å². The number of amides is 1. The summed E-state index contributed by atoms with van der Waals surface area (Å²) in [4.78, 5) is 27.6. The van der Waals surface area contributed by atoms with Crippen LogP contribution < -0.4 is 19.5 Å². The zero-order valence-electron chi connectivity index (χ0n) is 21.2. The molecule has 1 heterocycles. The number of alkyl halides is 3. The Kier molecular flexibility index (Phi) is 8.58. The van der Waals surface area contributed by atoms with Crippen LogP contribution in [0.1, 0.15) is 17.5 Å². The number of nitrogens with zero attached hydrogens (tertiary/aromatic N) is 1. The van der Waals surface area contributed by atoms with E-state index in [2.05, 4.69) is 10.1 Å². The first-order valence-corrected chi connectivity index (χ1v) is 12.6. The molecule has 0 aliphatic carbocycles. The Balaban J connectivity index is 1.60. The Morgan fingerprint density at radius 2 is 1.60 bits per heavy atom. The van der Waals surface area contributed by atoms with E-state index < -0.39 is 18.9 Å². The van der Waals surface area contributed by atoms with E-state index in [1.54, 1.807) is 49.4 Å². The van der Waals surface area contributed by atoms with E-state index in [-0.39, 0.29) is 18.3 Å². The molecule has 208 valence electrons. The predicted molar refractivity (Wildman–Crippen MR) is 143 cm³/mol. The van der Waals surface area contributed by atoms with Gasteiger partial charge >= 0.3 is 12.3 Å². The maximum atomic E-state index is 12.6. The highest BCUT2D eigenvalue weighted by Gasteiger charge is 2.31. The molecule has 0 fully saturated rings. The van der Waals surface area contributed by atoms with E-state index in [4.69, 9.17) is 19.6 Å². The highest BCUT2D eigenvalue weighted by Crippen LogP contribution is 2.39. The van der Waals surface area contributed by atoms with Crippen LogP contribution in [0, 0.1) is 6.92 Å². The van der Waals surface area contributed by atoms with E-state index in [1.807, 2.05) is 0 Å². The molecule has 2 N–H and O–H groups in total. The van der Waals surface area contributed by atoms with Gasteiger partial charge < -0.3 is 24.6 Å². The zero-order valence-corrected chi connectivity index (χ0v) is 22.1. The van der Waals surface area contributed by atoms with Crippen LogP contribution in [-0.4, -0.2) is 34.9 Å². The van der Waals surface area contributed by atoms with Crippen molar-refractivity contribution in [2.45, 2.75) is 26.8 Å². The summed E-state index contributed by atoms with van der Waals surface area (Å²) in [6.07, 6.45) is -4.80. The van der Waals surface area contributed by atoms with Gasteiger partial charge in [-0.2, -0.15) is 0 Å². The summed E-state index contributed by atoms with van der Waals surface area (Å²) < 4.78 is 53.0. The van der Waals surface area contributed by atoms with Crippen LogP contribution in [-0.2, 0) is 16.2 Å². The van der Waals surface area contributed by atoms with E-state index in [9.17, 15) is 22.8 Å². The number of nitrogens with one attached hydrogen (secondary N) is 1. The lowest BCUT2D eigenvalue weighted by molar-refractivity contribution is -0.274. The summed E-state index contributed by atoms with van der Waals surface area (Å²) >= 11 is 1.32. The van der Waals surface area contributed by atoms with Crippen molar-refractivity contribution >= 4 is 28.9 Å². The number of ether oxygens (including phenoxy) is 3. The van der Waals surface area contributed by atoms with E-state index in [1.165, 1.54) is 42.5 Å². The lowest BCUT2D eigenvalue weighted by Gasteiger charge is -2.09. The molecule has 0 bridgehead atoms. The number of carboxylic acids is 1. The third kappa shape index (κ3) is 7.73. The molecule has 0 aliphatic heterocycles. The van der Waals surface area contributed by atoms with Crippen LogP contribution in [0.3, 0.4) is 0 Å². The number of anilines is 1. The first kappa shape index (κ1) is 28.4. The minimum absolute atomic E-state index is 0.103. The number of benzene rings is 3. The molecule has 0 saturated heterocycles. The minimum atomic E-state index is -4.80. The van der Waals surface area contributed by atoms with Crippen molar-refractivity contribution in [3.8, 4) is 38.9 Å². The molecule has 3 aromatic carbocycles. The fraction of sp³-hybridized carbons (Fsp3) is 0.179. The predicted octanol–water partition coefficient (Wildman–Crippen LogP) is 6.68. The number of aromatic nitrogens is 1. The van der Waals surface area contributed by atoms with Crippen LogP contribution in [0.2, 0.25) is 0 Å². The van der Waals surface area contributed by atoms with Gasteiger partial charge in [-0.25, -0.2) is 9.78 Å². The standard InChI is InChI=1S/C28H23F3N2O6S/c1-16-13-22(11-12-23(16)38-15-25(35)36)37-14-24-33-26(18-3-7-20(8-4-18)32-17(2)34)27(40-24)19-5-9-21(10-6-19)39-28(29,30)31/h3-13H,14-15H2,1-2H3,(H,32,34)(H,35,36). The molecule has 8 nitrogen and oxygen atoms in total. The van der Waals surface area contributed by atoms with Crippen LogP contribution in [0.5, 0.6) is 17.2 Å². The second kappa shape index (κ2) is 12.1. The fourth-order valence-corrected chi connectivity index (χ4v) is 4.70. The van der Waals surface area contributed by atoms with Crippen LogP contribution in [0.15, 0.2) is 66.7 Å². The van der Waals surface area contributed by atoms with E-state index >= 15 is 0 Å². The van der Waals surface area contributed by atoms with Crippen molar-refractivity contribution in [1.82, 2.24) is 4.98 Å². The van der Waals surface area contributed by atoms with Crippen molar-refractivity contribution in [3.63, 3.8) is 0 Å². The van der Waals surface area contributed by atoms with Gasteiger partial charge in [-0.15, -0.1) is 24.5 Å². The third-order valence-electron chi connectivity index (χ3n) is 5.36. The summed E-state index contributed by atoms with van der Waals surface area (Å²) in [7, 11) is 0. The topological polar surface area (TPSA) is 107 Å². The van der Waals surface area contributed by atoms with Gasteiger partial charge in [0, 0.05) is 18.2 Å². The SMILES string of the molecule is CC(=O)Nc1ccc(-c2nc(COc3ccc(OCC(=O)O)c(C)c3)sc2-c2ccc(OC(F)(F)F)cc2)cc1. The van der Waals surface area contributed by atoms with Crippen LogP contribution in [0.4, 0.5) is 18.9 Å². The number of hydrogen-bond acceptors (Lipinski definition) is 7. The lowest BCUT2D eigenvalue weighted by atomic mass is 10.1. The quantitative estimate of drug-likeness (QED) is 0.218. The molecule has 0 spiro atoms. The van der Waals surface area contributed by atoms with Gasteiger partial charge in [0.15, 0.2) is 6.61 Å². The van der Waals surface area contributed by atoms with Gasteiger partial charge in [0.1, 0.15) is 28.9 Å². The Hall–Kier alpha value is -4.58. The second-order valence-corrected chi connectivity index (χ2v) is 9.60. The molecule has 0 aliphatic rings.